The van der Waals surface area contributed by atoms with Crippen LogP contribution in [0.4, 0.5) is 13.2 Å². The molecule has 0 unspecified atom stereocenters. The van der Waals surface area contributed by atoms with Crippen LogP contribution in [0.3, 0.4) is 0 Å². The van der Waals surface area contributed by atoms with Crippen LogP contribution in [0.25, 0.3) is 5.69 Å². The fourth-order valence-corrected chi connectivity index (χ4v) is 1.91. The SMILES string of the molecule is CC(C)c1ccn(-c2ccc(C(F)(F)F)cc2C(=N)N)n1. The molecule has 0 saturated carbocycles. The maximum Gasteiger partial charge on any atom is 0.416 e. The van der Waals surface area contributed by atoms with Crippen molar-refractivity contribution >= 4 is 5.84 Å². The van der Waals surface area contributed by atoms with Gasteiger partial charge in [-0.25, -0.2) is 4.68 Å². The number of hydrogen-bond acceptors (Lipinski definition) is 2. The van der Waals surface area contributed by atoms with Crippen LogP contribution in [0.2, 0.25) is 0 Å². The van der Waals surface area contributed by atoms with E-state index in [-0.39, 0.29) is 11.5 Å². The van der Waals surface area contributed by atoms with Gasteiger partial charge in [-0.05, 0) is 30.2 Å². The summed E-state index contributed by atoms with van der Waals surface area (Å²) in [7, 11) is 0. The third-order valence-electron chi connectivity index (χ3n) is 3.06. The normalized spacial score (nSPS) is 11.9. The van der Waals surface area contributed by atoms with Crippen LogP contribution in [-0.4, -0.2) is 15.6 Å². The Morgan fingerprint density at radius 2 is 1.95 bits per heavy atom. The fourth-order valence-electron chi connectivity index (χ4n) is 1.91. The van der Waals surface area contributed by atoms with Gasteiger partial charge in [0.05, 0.1) is 16.9 Å². The van der Waals surface area contributed by atoms with E-state index in [9.17, 15) is 13.2 Å². The van der Waals surface area contributed by atoms with Crippen LogP contribution in [0, 0.1) is 5.41 Å². The van der Waals surface area contributed by atoms with Crippen molar-refractivity contribution in [1.82, 2.24) is 9.78 Å². The van der Waals surface area contributed by atoms with E-state index in [4.69, 9.17) is 11.1 Å². The molecule has 1 aromatic carbocycles. The van der Waals surface area contributed by atoms with Gasteiger partial charge < -0.3 is 5.73 Å². The second kappa shape index (κ2) is 5.23. The summed E-state index contributed by atoms with van der Waals surface area (Å²) >= 11 is 0. The third-order valence-corrected chi connectivity index (χ3v) is 3.06. The Morgan fingerprint density at radius 1 is 1.29 bits per heavy atom. The van der Waals surface area contributed by atoms with Gasteiger partial charge >= 0.3 is 6.18 Å². The predicted octanol–water partition coefficient (Wildman–Crippen LogP) is 3.30. The van der Waals surface area contributed by atoms with Crippen molar-refractivity contribution in [2.24, 2.45) is 5.73 Å². The molecule has 2 rings (SSSR count). The van der Waals surface area contributed by atoms with E-state index in [1.54, 1.807) is 12.3 Å². The van der Waals surface area contributed by atoms with Crippen LogP contribution in [0.15, 0.2) is 30.5 Å². The average Bonchev–Trinajstić information content (AvgIpc) is 2.86. The molecule has 7 heteroatoms. The van der Waals surface area contributed by atoms with Crippen molar-refractivity contribution in [3.05, 3.63) is 47.3 Å². The number of rotatable bonds is 3. The Bertz CT molecular complexity index is 671. The first-order valence-electron chi connectivity index (χ1n) is 6.31. The molecule has 0 fully saturated rings. The molecule has 21 heavy (non-hydrogen) atoms. The lowest BCUT2D eigenvalue weighted by Crippen LogP contribution is -2.17. The minimum atomic E-state index is -4.48. The van der Waals surface area contributed by atoms with Crippen molar-refractivity contribution in [2.75, 3.05) is 0 Å². The number of halogens is 3. The van der Waals surface area contributed by atoms with Gasteiger partial charge in [0.25, 0.3) is 0 Å². The molecular formula is C14H15F3N4. The van der Waals surface area contributed by atoms with Crippen LogP contribution in [0.5, 0.6) is 0 Å². The zero-order valence-corrected chi connectivity index (χ0v) is 11.6. The number of nitrogen functional groups attached to an aromatic ring is 1. The van der Waals surface area contributed by atoms with Crippen LogP contribution in [0.1, 0.15) is 36.6 Å². The lowest BCUT2D eigenvalue weighted by atomic mass is 10.1. The maximum atomic E-state index is 12.7. The van der Waals surface area contributed by atoms with Crippen LogP contribution >= 0.6 is 0 Å². The number of nitrogens with one attached hydrogen (secondary N) is 1. The minimum absolute atomic E-state index is 0.00299. The molecule has 0 aliphatic heterocycles. The van der Waals surface area contributed by atoms with Crippen molar-refractivity contribution in [1.29, 1.82) is 5.41 Å². The van der Waals surface area contributed by atoms with Gasteiger partial charge in [0.1, 0.15) is 5.84 Å². The summed E-state index contributed by atoms with van der Waals surface area (Å²) in [6, 6.07) is 4.88. The van der Waals surface area contributed by atoms with E-state index in [1.165, 1.54) is 10.7 Å². The number of benzene rings is 1. The topological polar surface area (TPSA) is 67.7 Å². The lowest BCUT2D eigenvalue weighted by Gasteiger charge is -2.13. The molecule has 1 heterocycles. The van der Waals surface area contributed by atoms with E-state index < -0.39 is 17.6 Å². The largest absolute Gasteiger partial charge is 0.416 e. The number of hydrogen-bond donors (Lipinski definition) is 2. The average molecular weight is 296 g/mol. The Balaban J connectivity index is 2.55. The van der Waals surface area contributed by atoms with Gasteiger partial charge in [-0.15, -0.1) is 0 Å². The lowest BCUT2D eigenvalue weighted by molar-refractivity contribution is -0.137. The monoisotopic (exact) mass is 296 g/mol. The van der Waals surface area contributed by atoms with Gasteiger partial charge in [-0.1, -0.05) is 13.8 Å². The molecule has 3 N–H and O–H groups in total. The van der Waals surface area contributed by atoms with Gasteiger partial charge in [0, 0.05) is 11.8 Å². The number of alkyl halides is 3. The summed E-state index contributed by atoms with van der Waals surface area (Å²) in [6.07, 6.45) is -2.83. The van der Waals surface area contributed by atoms with Crippen LogP contribution in [-0.2, 0) is 6.18 Å². The molecule has 2 aromatic rings. The van der Waals surface area contributed by atoms with E-state index >= 15 is 0 Å². The Morgan fingerprint density at radius 3 is 2.43 bits per heavy atom. The molecule has 0 saturated heterocycles. The molecule has 0 atom stereocenters. The Labute approximate surface area is 119 Å². The molecule has 4 nitrogen and oxygen atoms in total. The van der Waals surface area contributed by atoms with E-state index in [2.05, 4.69) is 5.10 Å². The minimum Gasteiger partial charge on any atom is -0.384 e. The molecule has 0 amide bonds. The molecule has 0 spiro atoms. The summed E-state index contributed by atoms with van der Waals surface area (Å²) in [5, 5.41) is 11.8. The summed E-state index contributed by atoms with van der Waals surface area (Å²) in [5.41, 5.74) is 5.73. The molecular weight excluding hydrogens is 281 g/mol. The van der Waals surface area contributed by atoms with Gasteiger partial charge in [-0.3, -0.25) is 5.41 Å². The first-order chi connectivity index (χ1) is 9.70. The summed E-state index contributed by atoms with van der Waals surface area (Å²) in [5.74, 6) is -0.237. The van der Waals surface area contributed by atoms with Gasteiger partial charge in [0.15, 0.2) is 0 Å². The van der Waals surface area contributed by atoms with E-state index in [0.29, 0.717) is 5.69 Å². The highest BCUT2D eigenvalue weighted by atomic mass is 19.4. The smallest absolute Gasteiger partial charge is 0.384 e. The Hall–Kier alpha value is -2.31. The molecule has 1 aromatic heterocycles. The summed E-state index contributed by atoms with van der Waals surface area (Å²) in [6.45, 7) is 3.93. The third kappa shape index (κ3) is 3.07. The Kier molecular flexibility index (Phi) is 3.76. The molecule has 0 aliphatic carbocycles. The standard InChI is InChI=1S/C14H15F3N4/c1-8(2)11-5-6-21(20-11)12-4-3-9(14(15,16)17)7-10(12)13(18)19/h3-8H,1-2H3,(H3,18,19). The van der Waals surface area contributed by atoms with E-state index in [0.717, 1.165) is 17.8 Å². The number of amidine groups is 1. The number of nitrogens with two attached hydrogens (primary N) is 1. The van der Waals surface area contributed by atoms with Gasteiger partial charge in [0.2, 0.25) is 0 Å². The highest BCUT2D eigenvalue weighted by molar-refractivity contribution is 5.98. The molecule has 0 radical (unpaired) electrons. The quantitative estimate of drug-likeness (QED) is 0.674. The summed E-state index contributed by atoms with van der Waals surface area (Å²) < 4.78 is 39.7. The molecule has 112 valence electrons. The van der Waals surface area contributed by atoms with Crippen LogP contribution < -0.4 is 5.73 Å². The first-order valence-corrected chi connectivity index (χ1v) is 6.31. The van der Waals surface area contributed by atoms with E-state index in [1.807, 2.05) is 13.8 Å². The fraction of sp³-hybridized carbons (Fsp3) is 0.286. The molecule has 0 aliphatic rings. The zero-order chi connectivity index (χ0) is 15.8. The van der Waals surface area contributed by atoms with Crippen molar-refractivity contribution < 1.29 is 13.2 Å². The predicted molar refractivity (Wildman–Crippen MR) is 73.7 cm³/mol. The number of nitrogens with zero attached hydrogens (tertiary/aromatic N) is 2. The van der Waals surface area contributed by atoms with Crippen molar-refractivity contribution in [2.45, 2.75) is 25.9 Å². The highest BCUT2D eigenvalue weighted by Crippen LogP contribution is 2.31. The van der Waals surface area contributed by atoms with Crippen molar-refractivity contribution in [3.63, 3.8) is 0 Å². The first kappa shape index (κ1) is 15.1. The number of aromatic nitrogens is 2. The second-order valence-corrected chi connectivity index (χ2v) is 4.98. The van der Waals surface area contributed by atoms with Crippen molar-refractivity contribution in [3.8, 4) is 5.69 Å². The summed E-state index contributed by atoms with van der Waals surface area (Å²) in [4.78, 5) is 0. The zero-order valence-electron chi connectivity index (χ0n) is 11.6. The molecule has 0 bridgehead atoms. The highest BCUT2D eigenvalue weighted by Gasteiger charge is 2.31. The maximum absolute atomic E-state index is 12.7. The van der Waals surface area contributed by atoms with Gasteiger partial charge in [-0.2, -0.15) is 18.3 Å². The second-order valence-electron chi connectivity index (χ2n) is 4.98.